The van der Waals surface area contributed by atoms with Crippen LogP contribution in [0.2, 0.25) is 0 Å². The first-order chi connectivity index (χ1) is 5.43. The van der Waals surface area contributed by atoms with Gasteiger partial charge in [0.25, 0.3) is 0 Å². The number of azo groups is 1. The van der Waals surface area contributed by atoms with Crippen molar-refractivity contribution in [1.29, 1.82) is 0 Å². The summed E-state index contributed by atoms with van der Waals surface area (Å²) in [6.45, 7) is 0.504. The Bertz CT molecular complexity index is 244. The minimum Gasteiger partial charge on any atom is -0.184 e. The van der Waals surface area contributed by atoms with E-state index in [9.17, 15) is 0 Å². The van der Waals surface area contributed by atoms with Gasteiger partial charge in [0.15, 0.2) is 0 Å². The normalized spacial score (nSPS) is 10.2. The molecule has 0 aliphatic heterocycles. The highest BCUT2D eigenvalue weighted by molar-refractivity contribution is 7.79. The third-order valence-electron chi connectivity index (χ3n) is 1.10. The Hall–Kier alpha value is -1.09. The van der Waals surface area contributed by atoms with Gasteiger partial charge in [-0.1, -0.05) is 30.4 Å². The Morgan fingerprint density at radius 2 is 2.00 bits per heavy atom. The molecule has 0 radical (unpaired) electrons. The van der Waals surface area contributed by atoms with E-state index in [0.29, 0.717) is 6.54 Å². The van der Waals surface area contributed by atoms with Crippen LogP contribution in [0.3, 0.4) is 0 Å². The van der Waals surface area contributed by atoms with Gasteiger partial charge in [-0.3, -0.25) is 0 Å². The van der Waals surface area contributed by atoms with Crippen LogP contribution in [-0.4, -0.2) is 11.9 Å². The Labute approximate surface area is 71.0 Å². The van der Waals surface area contributed by atoms with Gasteiger partial charge in [0, 0.05) is 5.37 Å². The summed E-state index contributed by atoms with van der Waals surface area (Å²) < 4.78 is 0. The van der Waals surface area contributed by atoms with E-state index in [1.54, 1.807) is 5.37 Å². The Kier molecular flexibility index (Phi) is 3.41. The molecular formula is C8H8N2S. The summed E-state index contributed by atoms with van der Waals surface area (Å²) >= 11 is 4.59. The van der Waals surface area contributed by atoms with Crippen molar-refractivity contribution in [3.63, 3.8) is 0 Å². The van der Waals surface area contributed by atoms with E-state index in [0.717, 1.165) is 5.69 Å². The molecule has 0 bridgehead atoms. The molecule has 0 atom stereocenters. The van der Waals surface area contributed by atoms with Crippen LogP contribution in [0.4, 0.5) is 5.69 Å². The number of benzene rings is 1. The zero-order valence-corrected chi connectivity index (χ0v) is 6.79. The molecule has 1 aromatic carbocycles. The highest BCUT2D eigenvalue weighted by Gasteiger charge is 1.81. The molecule has 0 N–H and O–H groups in total. The molecule has 0 aliphatic carbocycles. The second-order valence-electron chi connectivity index (χ2n) is 1.93. The van der Waals surface area contributed by atoms with Crippen molar-refractivity contribution in [2.75, 3.05) is 6.54 Å². The Balaban J connectivity index is 2.57. The lowest BCUT2D eigenvalue weighted by Gasteiger charge is -1.87. The number of hydrogen-bond acceptors (Lipinski definition) is 3. The molecule has 11 heavy (non-hydrogen) atoms. The van der Waals surface area contributed by atoms with Crippen molar-refractivity contribution < 1.29 is 0 Å². The first-order valence-corrected chi connectivity index (χ1v) is 3.77. The zero-order valence-electron chi connectivity index (χ0n) is 5.97. The molecule has 0 amide bonds. The van der Waals surface area contributed by atoms with Crippen LogP contribution in [0, 0.1) is 0 Å². The first-order valence-electron chi connectivity index (χ1n) is 3.29. The monoisotopic (exact) mass is 164 g/mol. The fourth-order valence-electron chi connectivity index (χ4n) is 0.650. The molecular weight excluding hydrogens is 156 g/mol. The quantitative estimate of drug-likeness (QED) is 0.498. The first kappa shape index (κ1) is 8.01. The summed E-state index contributed by atoms with van der Waals surface area (Å²) in [7, 11) is 0. The van der Waals surface area contributed by atoms with Crippen LogP contribution in [0.5, 0.6) is 0 Å². The van der Waals surface area contributed by atoms with Gasteiger partial charge in [-0.05, 0) is 12.1 Å². The largest absolute Gasteiger partial charge is 0.184 e. The lowest BCUT2D eigenvalue weighted by molar-refractivity contribution is 1.12. The minimum atomic E-state index is 0.504. The second kappa shape index (κ2) is 4.68. The molecule has 0 unspecified atom stereocenters. The van der Waals surface area contributed by atoms with Crippen molar-refractivity contribution in [1.82, 2.24) is 0 Å². The highest BCUT2D eigenvalue weighted by atomic mass is 32.1. The predicted octanol–water partition coefficient (Wildman–Crippen LogP) is 2.77. The third-order valence-corrected chi connectivity index (χ3v) is 1.25. The zero-order chi connectivity index (χ0) is 7.94. The maximum atomic E-state index is 4.59. The standard InChI is InChI=1S/C8H8N2S/c11-7-6-9-10-8-4-2-1-3-5-8/h1-5,7H,6H2. The summed E-state index contributed by atoms with van der Waals surface area (Å²) in [6.07, 6.45) is 0. The third kappa shape index (κ3) is 3.00. The lowest BCUT2D eigenvalue weighted by atomic mass is 10.3. The van der Waals surface area contributed by atoms with Crippen molar-refractivity contribution >= 4 is 23.3 Å². The van der Waals surface area contributed by atoms with E-state index in [2.05, 4.69) is 22.4 Å². The molecule has 0 saturated heterocycles. The van der Waals surface area contributed by atoms with Crippen molar-refractivity contribution in [3.05, 3.63) is 30.3 Å². The maximum absolute atomic E-state index is 4.59. The van der Waals surface area contributed by atoms with Gasteiger partial charge < -0.3 is 0 Å². The van der Waals surface area contributed by atoms with E-state index in [1.165, 1.54) is 0 Å². The van der Waals surface area contributed by atoms with Crippen LogP contribution < -0.4 is 0 Å². The topological polar surface area (TPSA) is 24.7 Å². The van der Waals surface area contributed by atoms with Gasteiger partial charge in [0.1, 0.15) is 0 Å². The van der Waals surface area contributed by atoms with E-state index < -0.39 is 0 Å². The summed E-state index contributed by atoms with van der Waals surface area (Å²) in [5, 5.41) is 9.30. The van der Waals surface area contributed by atoms with E-state index in [-0.39, 0.29) is 0 Å². The predicted molar refractivity (Wildman–Crippen MR) is 49.5 cm³/mol. The van der Waals surface area contributed by atoms with Gasteiger partial charge in [0.05, 0.1) is 12.2 Å². The van der Waals surface area contributed by atoms with E-state index in [4.69, 9.17) is 0 Å². The van der Waals surface area contributed by atoms with Crippen LogP contribution in [0.25, 0.3) is 0 Å². The van der Waals surface area contributed by atoms with E-state index >= 15 is 0 Å². The molecule has 0 spiro atoms. The van der Waals surface area contributed by atoms with Gasteiger partial charge >= 0.3 is 0 Å². The highest BCUT2D eigenvalue weighted by Crippen LogP contribution is 2.09. The molecule has 0 saturated carbocycles. The van der Waals surface area contributed by atoms with Crippen molar-refractivity contribution in [3.8, 4) is 0 Å². The fraction of sp³-hybridized carbons (Fsp3) is 0.125. The van der Waals surface area contributed by atoms with Gasteiger partial charge in [-0.25, -0.2) is 0 Å². The summed E-state index contributed by atoms with van der Waals surface area (Å²) in [6, 6.07) is 9.58. The Morgan fingerprint density at radius 3 is 2.64 bits per heavy atom. The summed E-state index contributed by atoms with van der Waals surface area (Å²) in [5.74, 6) is 0. The molecule has 0 aromatic heterocycles. The fourth-order valence-corrected chi connectivity index (χ4v) is 0.717. The molecule has 3 heteroatoms. The second-order valence-corrected chi connectivity index (χ2v) is 2.26. The van der Waals surface area contributed by atoms with Gasteiger partial charge in [-0.15, -0.1) is 0 Å². The minimum absolute atomic E-state index is 0.504. The molecule has 1 aromatic rings. The lowest BCUT2D eigenvalue weighted by Crippen LogP contribution is -1.72. The maximum Gasteiger partial charge on any atom is 0.0886 e. The average molecular weight is 164 g/mol. The van der Waals surface area contributed by atoms with Gasteiger partial charge in [-0.2, -0.15) is 10.2 Å². The number of thiocarbonyl (C=S) groups is 1. The molecule has 0 fully saturated rings. The molecule has 1 rings (SSSR count). The number of rotatable bonds is 3. The van der Waals surface area contributed by atoms with Crippen LogP contribution in [-0.2, 0) is 0 Å². The molecule has 2 nitrogen and oxygen atoms in total. The average Bonchev–Trinajstić information content (AvgIpc) is 2.07. The summed E-state index contributed by atoms with van der Waals surface area (Å²) in [5.41, 5.74) is 0.865. The number of nitrogens with zero attached hydrogens (tertiary/aromatic N) is 2. The summed E-state index contributed by atoms with van der Waals surface area (Å²) in [4.78, 5) is 0. The van der Waals surface area contributed by atoms with Gasteiger partial charge in [0.2, 0.25) is 0 Å². The van der Waals surface area contributed by atoms with Crippen molar-refractivity contribution in [2.45, 2.75) is 0 Å². The molecule has 56 valence electrons. The van der Waals surface area contributed by atoms with E-state index in [1.807, 2.05) is 30.3 Å². The molecule has 0 heterocycles. The Morgan fingerprint density at radius 1 is 1.27 bits per heavy atom. The van der Waals surface area contributed by atoms with Crippen LogP contribution in [0.1, 0.15) is 0 Å². The van der Waals surface area contributed by atoms with Crippen molar-refractivity contribution in [2.24, 2.45) is 10.2 Å². The van der Waals surface area contributed by atoms with Crippen LogP contribution in [0.15, 0.2) is 40.6 Å². The molecule has 0 aliphatic rings. The SMILES string of the molecule is S=CCN=Nc1ccccc1. The number of hydrogen-bond donors (Lipinski definition) is 0. The smallest absolute Gasteiger partial charge is 0.0886 e. The van der Waals surface area contributed by atoms with Crippen LogP contribution >= 0.6 is 12.2 Å².